The van der Waals surface area contributed by atoms with E-state index in [1.807, 2.05) is 6.92 Å². The van der Waals surface area contributed by atoms with Crippen molar-refractivity contribution in [3.05, 3.63) is 0 Å². The molecule has 0 spiro atoms. The second-order valence-electron chi connectivity index (χ2n) is 3.25. The third-order valence-electron chi connectivity index (χ3n) is 1.67. The van der Waals surface area contributed by atoms with Crippen LogP contribution in [0, 0.1) is 0 Å². The van der Waals surface area contributed by atoms with Crippen LogP contribution >= 0.6 is 0 Å². The van der Waals surface area contributed by atoms with Crippen molar-refractivity contribution in [3.8, 4) is 0 Å². The smallest absolute Gasteiger partial charge is 0.315 e. The van der Waals surface area contributed by atoms with E-state index in [2.05, 4.69) is 10.6 Å². The monoisotopic (exact) mass is 202 g/mol. The first-order chi connectivity index (χ1) is 6.56. The number of amides is 2. The lowest BCUT2D eigenvalue weighted by atomic mass is 10.2. The normalized spacial score (nSPS) is 11.9. The summed E-state index contributed by atoms with van der Waals surface area (Å²) < 4.78 is 0. The number of nitrogens with one attached hydrogen (secondary N) is 2. The molecule has 5 nitrogen and oxygen atoms in total. The molecule has 5 heteroatoms. The number of rotatable bonds is 6. The number of carbonyl (C=O) groups excluding carboxylic acids is 1. The molecule has 0 aliphatic heterocycles. The fraction of sp³-hybridized carbons (Fsp3) is 0.778. The highest BCUT2D eigenvalue weighted by Crippen LogP contribution is 1.90. The molecule has 1 atom stereocenters. The minimum atomic E-state index is -0.911. The summed E-state index contributed by atoms with van der Waals surface area (Å²) in [6.07, 6.45) is 1.90. The predicted octanol–water partition coefficient (Wildman–Crippen LogP) is 0.949. The molecule has 0 saturated carbocycles. The second kappa shape index (κ2) is 7.17. The molecule has 3 N–H and O–H groups in total. The minimum Gasteiger partial charge on any atom is -0.481 e. The lowest BCUT2D eigenvalue weighted by Gasteiger charge is -2.12. The molecule has 0 fully saturated rings. The molecule has 0 aromatic carbocycles. The van der Waals surface area contributed by atoms with Gasteiger partial charge in [0.2, 0.25) is 0 Å². The molecule has 0 aromatic heterocycles. The Balaban J connectivity index is 3.55. The lowest BCUT2D eigenvalue weighted by molar-refractivity contribution is -0.137. The summed E-state index contributed by atoms with van der Waals surface area (Å²) in [5.74, 6) is -0.911. The predicted molar refractivity (Wildman–Crippen MR) is 53.2 cm³/mol. The SMILES string of the molecule is CCCCNC(=O)NC(C)CC(=O)O. The van der Waals surface area contributed by atoms with Crippen molar-refractivity contribution in [3.63, 3.8) is 0 Å². The summed E-state index contributed by atoms with van der Waals surface area (Å²) in [7, 11) is 0. The van der Waals surface area contributed by atoms with Crippen LogP contribution in [0.4, 0.5) is 4.79 Å². The number of urea groups is 1. The molecule has 0 aliphatic rings. The van der Waals surface area contributed by atoms with Gasteiger partial charge in [-0.1, -0.05) is 13.3 Å². The van der Waals surface area contributed by atoms with Crippen molar-refractivity contribution in [2.24, 2.45) is 0 Å². The topological polar surface area (TPSA) is 78.4 Å². The van der Waals surface area contributed by atoms with Gasteiger partial charge in [0, 0.05) is 12.6 Å². The Morgan fingerprint density at radius 1 is 1.43 bits per heavy atom. The summed E-state index contributed by atoms with van der Waals surface area (Å²) in [6, 6.07) is -0.638. The van der Waals surface area contributed by atoms with Crippen molar-refractivity contribution < 1.29 is 14.7 Å². The molecule has 2 amide bonds. The Labute approximate surface area is 83.9 Å². The van der Waals surface area contributed by atoms with E-state index >= 15 is 0 Å². The zero-order chi connectivity index (χ0) is 11.0. The Hall–Kier alpha value is -1.26. The van der Waals surface area contributed by atoms with Crippen LogP contribution in [0.3, 0.4) is 0 Å². The second-order valence-corrected chi connectivity index (χ2v) is 3.25. The van der Waals surface area contributed by atoms with Gasteiger partial charge < -0.3 is 15.7 Å². The fourth-order valence-electron chi connectivity index (χ4n) is 0.966. The first kappa shape index (κ1) is 12.7. The molecule has 0 rings (SSSR count). The number of aliphatic carboxylic acids is 1. The molecule has 0 bridgehead atoms. The molecule has 0 aliphatic carbocycles. The third-order valence-corrected chi connectivity index (χ3v) is 1.67. The number of hydrogen-bond acceptors (Lipinski definition) is 2. The highest BCUT2D eigenvalue weighted by atomic mass is 16.4. The van der Waals surface area contributed by atoms with E-state index in [1.54, 1.807) is 6.92 Å². The first-order valence-corrected chi connectivity index (χ1v) is 4.82. The van der Waals surface area contributed by atoms with E-state index in [0.29, 0.717) is 6.54 Å². The van der Waals surface area contributed by atoms with Gasteiger partial charge in [0.05, 0.1) is 6.42 Å². The number of carbonyl (C=O) groups is 2. The minimum absolute atomic E-state index is 0.0544. The Kier molecular flexibility index (Phi) is 6.53. The highest BCUT2D eigenvalue weighted by Gasteiger charge is 2.09. The van der Waals surface area contributed by atoms with Gasteiger partial charge in [-0.05, 0) is 13.3 Å². The number of hydrogen-bond donors (Lipinski definition) is 3. The van der Waals surface area contributed by atoms with Crippen LogP contribution < -0.4 is 10.6 Å². The Bertz CT molecular complexity index is 194. The molecule has 0 heterocycles. The molecular weight excluding hydrogens is 184 g/mol. The maximum absolute atomic E-state index is 11.1. The average molecular weight is 202 g/mol. The quantitative estimate of drug-likeness (QED) is 0.561. The van der Waals surface area contributed by atoms with Crippen LogP contribution in [0.15, 0.2) is 0 Å². The Morgan fingerprint density at radius 3 is 2.57 bits per heavy atom. The number of unbranched alkanes of at least 4 members (excludes halogenated alkanes) is 1. The van der Waals surface area contributed by atoms with Crippen LogP contribution in [0.5, 0.6) is 0 Å². The zero-order valence-electron chi connectivity index (χ0n) is 8.67. The summed E-state index contributed by atoms with van der Waals surface area (Å²) in [5, 5.41) is 13.6. The first-order valence-electron chi connectivity index (χ1n) is 4.82. The van der Waals surface area contributed by atoms with Gasteiger partial charge in [-0.2, -0.15) is 0 Å². The summed E-state index contributed by atoms with van der Waals surface area (Å²) in [6.45, 7) is 4.32. The number of carboxylic acid groups (broad SMARTS) is 1. The van der Waals surface area contributed by atoms with E-state index in [9.17, 15) is 9.59 Å². The molecule has 1 unspecified atom stereocenters. The van der Waals surface area contributed by atoms with Crippen molar-refractivity contribution in [2.45, 2.75) is 39.2 Å². The number of carboxylic acids is 1. The maximum Gasteiger partial charge on any atom is 0.315 e. The summed E-state index contributed by atoms with van der Waals surface area (Å²) >= 11 is 0. The van der Waals surface area contributed by atoms with Crippen molar-refractivity contribution in [1.29, 1.82) is 0 Å². The van der Waals surface area contributed by atoms with Crippen molar-refractivity contribution in [2.75, 3.05) is 6.54 Å². The molecular formula is C9H18N2O3. The van der Waals surface area contributed by atoms with E-state index < -0.39 is 5.97 Å². The van der Waals surface area contributed by atoms with Gasteiger partial charge in [0.15, 0.2) is 0 Å². The van der Waals surface area contributed by atoms with Crippen LogP contribution in [0.25, 0.3) is 0 Å². The molecule has 0 aromatic rings. The van der Waals surface area contributed by atoms with Crippen molar-refractivity contribution in [1.82, 2.24) is 10.6 Å². The van der Waals surface area contributed by atoms with Gasteiger partial charge >= 0.3 is 12.0 Å². The summed E-state index contributed by atoms with van der Waals surface area (Å²) in [5.41, 5.74) is 0. The van der Waals surface area contributed by atoms with E-state index in [-0.39, 0.29) is 18.5 Å². The van der Waals surface area contributed by atoms with Crippen LogP contribution in [-0.2, 0) is 4.79 Å². The zero-order valence-corrected chi connectivity index (χ0v) is 8.67. The van der Waals surface area contributed by atoms with Crippen LogP contribution in [0.2, 0.25) is 0 Å². The van der Waals surface area contributed by atoms with E-state index in [1.165, 1.54) is 0 Å². The standard InChI is InChI=1S/C9H18N2O3/c1-3-4-5-10-9(14)11-7(2)6-8(12)13/h7H,3-6H2,1-2H3,(H,12,13)(H2,10,11,14). The third kappa shape index (κ3) is 7.39. The summed E-state index contributed by atoms with van der Waals surface area (Å²) in [4.78, 5) is 21.4. The molecule has 82 valence electrons. The molecule has 0 saturated heterocycles. The highest BCUT2D eigenvalue weighted by molar-refractivity contribution is 5.75. The van der Waals surface area contributed by atoms with Crippen molar-refractivity contribution >= 4 is 12.0 Å². The maximum atomic E-state index is 11.1. The van der Waals surface area contributed by atoms with E-state index in [0.717, 1.165) is 12.8 Å². The van der Waals surface area contributed by atoms with Crippen LogP contribution in [0.1, 0.15) is 33.1 Å². The van der Waals surface area contributed by atoms with Gasteiger partial charge in [-0.3, -0.25) is 4.79 Å². The molecule has 14 heavy (non-hydrogen) atoms. The van der Waals surface area contributed by atoms with Gasteiger partial charge in [-0.15, -0.1) is 0 Å². The fourth-order valence-corrected chi connectivity index (χ4v) is 0.966. The lowest BCUT2D eigenvalue weighted by Crippen LogP contribution is -2.41. The average Bonchev–Trinajstić information content (AvgIpc) is 2.02. The molecule has 0 radical (unpaired) electrons. The van der Waals surface area contributed by atoms with Crippen LogP contribution in [-0.4, -0.2) is 29.7 Å². The largest absolute Gasteiger partial charge is 0.481 e. The van der Waals surface area contributed by atoms with Gasteiger partial charge in [-0.25, -0.2) is 4.79 Å². The van der Waals surface area contributed by atoms with E-state index in [4.69, 9.17) is 5.11 Å². The van der Waals surface area contributed by atoms with Gasteiger partial charge in [0.1, 0.15) is 0 Å². The Morgan fingerprint density at radius 2 is 2.07 bits per heavy atom. The van der Waals surface area contributed by atoms with Gasteiger partial charge in [0.25, 0.3) is 0 Å².